The van der Waals surface area contributed by atoms with Crippen molar-refractivity contribution in [3.63, 3.8) is 0 Å². The van der Waals surface area contributed by atoms with Gasteiger partial charge in [0, 0.05) is 19.6 Å². The van der Waals surface area contributed by atoms with Crippen molar-refractivity contribution in [1.82, 2.24) is 9.03 Å². The molecule has 0 aromatic heterocycles. The fourth-order valence-corrected chi connectivity index (χ4v) is 2.42. The molecule has 5 nitrogen and oxygen atoms in total. The average molecular weight is 272 g/mol. The van der Waals surface area contributed by atoms with Crippen LogP contribution < -0.4 is 4.72 Å². The van der Waals surface area contributed by atoms with Crippen LogP contribution in [0.5, 0.6) is 0 Å². The van der Waals surface area contributed by atoms with E-state index in [1.54, 1.807) is 31.3 Å². The summed E-state index contributed by atoms with van der Waals surface area (Å²) in [5.41, 5.74) is 1.66. The van der Waals surface area contributed by atoms with Gasteiger partial charge in [0.15, 0.2) is 0 Å². The second kappa shape index (κ2) is 6.29. The number of nitrogens with one attached hydrogen (secondary N) is 1. The van der Waals surface area contributed by atoms with Crippen LogP contribution in [0.2, 0.25) is 0 Å². The molecule has 0 aliphatic rings. The van der Waals surface area contributed by atoms with Crippen molar-refractivity contribution in [1.29, 1.82) is 0 Å². The molecule has 0 saturated carbocycles. The Labute approximate surface area is 109 Å². The molecule has 0 amide bonds. The lowest BCUT2D eigenvalue weighted by Crippen LogP contribution is -2.41. The SMILES string of the molecule is CC(C)N(C)S(=O)(=O)NCc1ccc(CO)cc1. The van der Waals surface area contributed by atoms with Gasteiger partial charge in [-0.05, 0) is 25.0 Å². The van der Waals surface area contributed by atoms with Gasteiger partial charge in [0.05, 0.1) is 6.61 Å². The Morgan fingerprint density at radius 1 is 1.22 bits per heavy atom. The van der Waals surface area contributed by atoms with Crippen LogP contribution in [-0.2, 0) is 23.4 Å². The first-order chi connectivity index (χ1) is 8.36. The summed E-state index contributed by atoms with van der Waals surface area (Å²) in [4.78, 5) is 0. The third-order valence-electron chi connectivity index (χ3n) is 2.77. The molecule has 6 heteroatoms. The Hall–Kier alpha value is -0.950. The quantitative estimate of drug-likeness (QED) is 0.806. The van der Waals surface area contributed by atoms with Crippen molar-refractivity contribution in [3.8, 4) is 0 Å². The number of aliphatic hydroxyl groups is 1. The largest absolute Gasteiger partial charge is 0.392 e. The molecular formula is C12H20N2O3S. The first-order valence-corrected chi connectivity index (χ1v) is 7.22. The molecule has 18 heavy (non-hydrogen) atoms. The van der Waals surface area contributed by atoms with Crippen LogP contribution in [0.15, 0.2) is 24.3 Å². The van der Waals surface area contributed by atoms with E-state index in [1.165, 1.54) is 4.31 Å². The molecule has 1 aromatic rings. The van der Waals surface area contributed by atoms with Gasteiger partial charge in [-0.15, -0.1) is 0 Å². The zero-order valence-corrected chi connectivity index (χ0v) is 11.7. The Balaban J connectivity index is 2.64. The zero-order valence-electron chi connectivity index (χ0n) is 10.9. The molecular weight excluding hydrogens is 252 g/mol. The first-order valence-electron chi connectivity index (χ1n) is 5.78. The van der Waals surface area contributed by atoms with Gasteiger partial charge in [0.25, 0.3) is 10.2 Å². The standard InChI is InChI=1S/C12H20N2O3S/c1-10(2)14(3)18(16,17)13-8-11-4-6-12(9-15)7-5-11/h4-7,10,13,15H,8-9H2,1-3H3. The molecule has 0 radical (unpaired) electrons. The Bertz CT molecular complexity index is 469. The van der Waals surface area contributed by atoms with Crippen LogP contribution in [0.3, 0.4) is 0 Å². The fourth-order valence-electron chi connectivity index (χ4n) is 1.32. The van der Waals surface area contributed by atoms with Crippen molar-refractivity contribution in [3.05, 3.63) is 35.4 Å². The smallest absolute Gasteiger partial charge is 0.279 e. The highest BCUT2D eigenvalue weighted by Gasteiger charge is 2.19. The predicted octanol–water partition coefficient (Wildman–Crippen LogP) is 0.853. The van der Waals surface area contributed by atoms with Crippen molar-refractivity contribution in [2.24, 2.45) is 0 Å². The maximum absolute atomic E-state index is 11.8. The lowest BCUT2D eigenvalue weighted by molar-refractivity contribution is 0.282. The molecule has 0 unspecified atom stereocenters. The van der Waals surface area contributed by atoms with Crippen molar-refractivity contribution in [2.75, 3.05) is 7.05 Å². The molecule has 1 aromatic carbocycles. The number of hydrogen-bond donors (Lipinski definition) is 2. The van der Waals surface area contributed by atoms with Crippen LogP contribution in [0.1, 0.15) is 25.0 Å². The minimum Gasteiger partial charge on any atom is -0.392 e. The van der Waals surface area contributed by atoms with E-state index in [0.29, 0.717) is 0 Å². The molecule has 0 bridgehead atoms. The van der Waals surface area contributed by atoms with E-state index in [4.69, 9.17) is 5.11 Å². The van der Waals surface area contributed by atoms with Crippen molar-refractivity contribution in [2.45, 2.75) is 33.0 Å². The minimum absolute atomic E-state index is 0.0118. The first kappa shape index (κ1) is 15.1. The van der Waals surface area contributed by atoms with Crippen LogP contribution in [0.4, 0.5) is 0 Å². The normalized spacial score (nSPS) is 12.3. The maximum Gasteiger partial charge on any atom is 0.279 e. The highest BCUT2D eigenvalue weighted by molar-refractivity contribution is 7.87. The third kappa shape index (κ3) is 4.06. The molecule has 0 atom stereocenters. The molecule has 0 fully saturated rings. The van der Waals surface area contributed by atoms with Crippen molar-refractivity contribution >= 4 is 10.2 Å². The maximum atomic E-state index is 11.8. The number of nitrogens with zero attached hydrogens (tertiary/aromatic N) is 1. The number of benzene rings is 1. The lowest BCUT2D eigenvalue weighted by atomic mass is 10.1. The summed E-state index contributed by atoms with van der Waals surface area (Å²) in [5, 5.41) is 8.90. The molecule has 0 aliphatic heterocycles. The Morgan fingerprint density at radius 2 is 1.72 bits per heavy atom. The summed E-state index contributed by atoms with van der Waals surface area (Å²) in [6.45, 7) is 3.86. The van der Waals surface area contributed by atoms with E-state index in [0.717, 1.165) is 11.1 Å². The van der Waals surface area contributed by atoms with Gasteiger partial charge in [0.2, 0.25) is 0 Å². The molecule has 0 heterocycles. The second-order valence-electron chi connectivity index (χ2n) is 4.41. The summed E-state index contributed by atoms with van der Waals surface area (Å²) in [7, 11) is -1.90. The number of aliphatic hydroxyl groups excluding tert-OH is 1. The van der Waals surface area contributed by atoms with Crippen LogP contribution in [-0.4, -0.2) is 30.9 Å². The molecule has 0 aliphatic carbocycles. The molecule has 0 saturated heterocycles. The van der Waals surface area contributed by atoms with Crippen molar-refractivity contribution < 1.29 is 13.5 Å². The van der Waals surface area contributed by atoms with Gasteiger partial charge >= 0.3 is 0 Å². The van der Waals surface area contributed by atoms with Crippen LogP contribution in [0, 0.1) is 0 Å². The predicted molar refractivity (Wildman–Crippen MR) is 71.0 cm³/mol. The highest BCUT2D eigenvalue weighted by Crippen LogP contribution is 2.06. The highest BCUT2D eigenvalue weighted by atomic mass is 32.2. The summed E-state index contributed by atoms with van der Waals surface area (Å²) in [6, 6.07) is 7.05. The van der Waals surface area contributed by atoms with Gasteiger partial charge < -0.3 is 5.11 Å². The van der Waals surface area contributed by atoms with Crippen LogP contribution in [0.25, 0.3) is 0 Å². The van der Waals surface area contributed by atoms with Gasteiger partial charge in [-0.25, -0.2) is 0 Å². The minimum atomic E-state index is -3.44. The molecule has 0 spiro atoms. The van der Waals surface area contributed by atoms with E-state index in [2.05, 4.69) is 4.72 Å². The van der Waals surface area contributed by atoms with E-state index in [-0.39, 0.29) is 19.2 Å². The summed E-state index contributed by atoms with van der Waals surface area (Å²) >= 11 is 0. The molecule has 1 rings (SSSR count). The Morgan fingerprint density at radius 3 is 2.17 bits per heavy atom. The fraction of sp³-hybridized carbons (Fsp3) is 0.500. The average Bonchev–Trinajstić information content (AvgIpc) is 2.36. The number of rotatable bonds is 6. The Kier molecular flexibility index (Phi) is 5.28. The second-order valence-corrected chi connectivity index (χ2v) is 6.23. The van der Waals surface area contributed by atoms with Gasteiger partial charge in [0.1, 0.15) is 0 Å². The van der Waals surface area contributed by atoms with Gasteiger partial charge in [-0.2, -0.15) is 17.4 Å². The van der Waals surface area contributed by atoms with E-state index < -0.39 is 10.2 Å². The monoisotopic (exact) mass is 272 g/mol. The molecule has 102 valence electrons. The summed E-state index contributed by atoms with van der Waals surface area (Å²) in [5.74, 6) is 0. The third-order valence-corrected chi connectivity index (χ3v) is 4.46. The van der Waals surface area contributed by atoms with E-state index in [1.807, 2.05) is 13.8 Å². The zero-order chi connectivity index (χ0) is 13.8. The van der Waals surface area contributed by atoms with Crippen LogP contribution >= 0.6 is 0 Å². The van der Waals surface area contributed by atoms with Gasteiger partial charge in [-0.1, -0.05) is 24.3 Å². The summed E-state index contributed by atoms with van der Waals surface area (Å²) in [6.07, 6.45) is 0. The molecule has 2 N–H and O–H groups in total. The van der Waals surface area contributed by atoms with E-state index in [9.17, 15) is 8.42 Å². The van der Waals surface area contributed by atoms with E-state index >= 15 is 0 Å². The van der Waals surface area contributed by atoms with Gasteiger partial charge in [-0.3, -0.25) is 0 Å². The summed E-state index contributed by atoms with van der Waals surface area (Å²) < 4.78 is 27.5. The number of hydrogen-bond acceptors (Lipinski definition) is 3. The lowest BCUT2D eigenvalue weighted by Gasteiger charge is -2.21. The topological polar surface area (TPSA) is 69.6 Å².